The predicted octanol–water partition coefficient (Wildman–Crippen LogP) is 3.77. The molecule has 0 saturated carbocycles. The number of fused-ring (bicyclic) bond motifs is 1. The van der Waals surface area contributed by atoms with Gasteiger partial charge in [-0.05, 0) is 40.1 Å². The van der Waals surface area contributed by atoms with Gasteiger partial charge in [0.05, 0.1) is 0 Å². The lowest BCUT2D eigenvalue weighted by Gasteiger charge is -2.12. The molecule has 3 heteroatoms. The zero-order chi connectivity index (χ0) is 13.1. The van der Waals surface area contributed by atoms with Crippen molar-refractivity contribution in [3.8, 4) is 11.1 Å². The Kier molecular flexibility index (Phi) is 3.85. The van der Waals surface area contributed by atoms with E-state index >= 15 is 0 Å². The molecule has 2 aromatic rings. The number of aromatic nitrogens is 1. The van der Waals surface area contributed by atoms with Gasteiger partial charge >= 0.3 is 0 Å². The van der Waals surface area contributed by atoms with Crippen LogP contribution in [0.4, 0.5) is 0 Å². The zero-order valence-electron chi connectivity index (χ0n) is 11.2. The second-order valence-electron chi connectivity index (χ2n) is 4.83. The summed E-state index contributed by atoms with van der Waals surface area (Å²) in [7, 11) is 0. The SMILES string of the molecule is CCSCN1Cc2ccc(-c3cccnc3)cc2C1. The highest BCUT2D eigenvalue weighted by molar-refractivity contribution is 7.99. The van der Waals surface area contributed by atoms with Crippen LogP contribution >= 0.6 is 11.8 Å². The molecular weight excluding hydrogens is 252 g/mol. The lowest BCUT2D eigenvalue weighted by atomic mass is 10.0. The first kappa shape index (κ1) is 12.7. The lowest BCUT2D eigenvalue weighted by Crippen LogP contribution is -2.15. The van der Waals surface area contributed by atoms with Crippen molar-refractivity contribution in [3.63, 3.8) is 0 Å². The van der Waals surface area contributed by atoms with Crippen molar-refractivity contribution >= 4 is 11.8 Å². The van der Waals surface area contributed by atoms with Crippen molar-refractivity contribution in [2.45, 2.75) is 20.0 Å². The van der Waals surface area contributed by atoms with Crippen LogP contribution in [0.1, 0.15) is 18.1 Å². The minimum absolute atomic E-state index is 1.08. The number of thioether (sulfide) groups is 1. The molecule has 2 heterocycles. The summed E-state index contributed by atoms with van der Waals surface area (Å²) in [6, 6.07) is 10.9. The lowest BCUT2D eigenvalue weighted by molar-refractivity contribution is 0.338. The molecule has 1 aliphatic heterocycles. The summed E-state index contributed by atoms with van der Waals surface area (Å²) < 4.78 is 0. The van der Waals surface area contributed by atoms with Crippen LogP contribution in [-0.2, 0) is 13.1 Å². The maximum atomic E-state index is 4.20. The van der Waals surface area contributed by atoms with E-state index in [2.05, 4.69) is 41.1 Å². The molecule has 0 bridgehead atoms. The van der Waals surface area contributed by atoms with Gasteiger partial charge in [0.1, 0.15) is 0 Å². The van der Waals surface area contributed by atoms with Crippen molar-refractivity contribution < 1.29 is 0 Å². The Hall–Kier alpha value is -1.32. The van der Waals surface area contributed by atoms with E-state index in [-0.39, 0.29) is 0 Å². The standard InChI is InChI=1S/C16H18N2S/c1-2-19-12-18-10-15-6-5-13(8-16(15)11-18)14-4-3-7-17-9-14/h3-9H,2,10-12H2,1H3. The highest BCUT2D eigenvalue weighted by Gasteiger charge is 2.18. The smallest absolute Gasteiger partial charge is 0.0451 e. The molecule has 2 nitrogen and oxygen atoms in total. The molecule has 0 saturated heterocycles. The molecular formula is C16H18N2S. The summed E-state index contributed by atoms with van der Waals surface area (Å²) in [5.41, 5.74) is 5.42. The minimum atomic E-state index is 1.08. The van der Waals surface area contributed by atoms with Crippen LogP contribution in [0.15, 0.2) is 42.7 Å². The van der Waals surface area contributed by atoms with Gasteiger partial charge in [0.25, 0.3) is 0 Å². The van der Waals surface area contributed by atoms with Gasteiger partial charge in [0, 0.05) is 31.4 Å². The van der Waals surface area contributed by atoms with Crippen molar-refractivity contribution in [1.82, 2.24) is 9.88 Å². The summed E-state index contributed by atoms with van der Waals surface area (Å²) in [6.45, 7) is 4.39. The first-order valence-corrected chi connectivity index (χ1v) is 7.84. The largest absolute Gasteiger partial charge is 0.286 e. The van der Waals surface area contributed by atoms with Gasteiger partial charge in [-0.25, -0.2) is 0 Å². The van der Waals surface area contributed by atoms with Crippen LogP contribution in [0.5, 0.6) is 0 Å². The molecule has 3 rings (SSSR count). The Morgan fingerprint density at radius 1 is 1.16 bits per heavy atom. The van der Waals surface area contributed by atoms with E-state index in [1.165, 1.54) is 28.0 Å². The first-order valence-electron chi connectivity index (χ1n) is 6.69. The Labute approximate surface area is 118 Å². The molecule has 1 aromatic heterocycles. The molecule has 0 spiro atoms. The maximum Gasteiger partial charge on any atom is 0.0451 e. The molecule has 0 atom stereocenters. The molecule has 98 valence electrons. The summed E-state index contributed by atoms with van der Waals surface area (Å²) in [6.07, 6.45) is 3.75. The molecule has 0 amide bonds. The molecule has 0 unspecified atom stereocenters. The summed E-state index contributed by atoms with van der Waals surface area (Å²) in [5.74, 6) is 2.32. The highest BCUT2D eigenvalue weighted by atomic mass is 32.2. The topological polar surface area (TPSA) is 16.1 Å². The third kappa shape index (κ3) is 2.82. The zero-order valence-corrected chi connectivity index (χ0v) is 12.0. The minimum Gasteiger partial charge on any atom is -0.286 e. The third-order valence-corrected chi connectivity index (χ3v) is 4.42. The molecule has 0 fully saturated rings. The van der Waals surface area contributed by atoms with Gasteiger partial charge in [-0.3, -0.25) is 9.88 Å². The third-order valence-electron chi connectivity index (χ3n) is 3.47. The summed E-state index contributed by atoms with van der Waals surface area (Å²) in [4.78, 5) is 6.70. The Morgan fingerprint density at radius 3 is 2.84 bits per heavy atom. The van der Waals surface area contributed by atoms with Gasteiger partial charge in [0.15, 0.2) is 0 Å². The first-order chi connectivity index (χ1) is 9.36. The number of pyridine rings is 1. The molecule has 0 N–H and O–H groups in total. The maximum absolute atomic E-state index is 4.20. The summed E-state index contributed by atoms with van der Waals surface area (Å²) in [5, 5.41) is 0. The van der Waals surface area contributed by atoms with E-state index in [0.29, 0.717) is 0 Å². The fourth-order valence-corrected chi connectivity index (χ4v) is 3.11. The van der Waals surface area contributed by atoms with Crippen molar-refractivity contribution in [3.05, 3.63) is 53.9 Å². The average molecular weight is 270 g/mol. The van der Waals surface area contributed by atoms with Crippen LogP contribution in [0, 0.1) is 0 Å². The normalized spacial score (nSPS) is 14.6. The van der Waals surface area contributed by atoms with E-state index < -0.39 is 0 Å². The van der Waals surface area contributed by atoms with Crippen molar-refractivity contribution in [1.29, 1.82) is 0 Å². The second-order valence-corrected chi connectivity index (χ2v) is 6.08. The van der Waals surface area contributed by atoms with E-state index in [1.807, 2.05) is 30.2 Å². The fourth-order valence-electron chi connectivity index (χ4n) is 2.49. The van der Waals surface area contributed by atoms with E-state index in [0.717, 1.165) is 19.0 Å². The van der Waals surface area contributed by atoms with Crippen LogP contribution in [0.2, 0.25) is 0 Å². The predicted molar refractivity (Wildman–Crippen MR) is 81.9 cm³/mol. The molecule has 1 aliphatic rings. The van der Waals surface area contributed by atoms with Crippen LogP contribution in [0.25, 0.3) is 11.1 Å². The number of hydrogen-bond donors (Lipinski definition) is 0. The van der Waals surface area contributed by atoms with Gasteiger partial charge in [0.2, 0.25) is 0 Å². The Bertz CT molecular complexity index is 554. The second kappa shape index (κ2) is 5.76. The van der Waals surface area contributed by atoms with Crippen LogP contribution in [0.3, 0.4) is 0 Å². The van der Waals surface area contributed by atoms with Gasteiger partial charge in [-0.2, -0.15) is 0 Å². The Morgan fingerprint density at radius 2 is 2.05 bits per heavy atom. The highest BCUT2D eigenvalue weighted by Crippen LogP contribution is 2.28. The fraction of sp³-hybridized carbons (Fsp3) is 0.312. The summed E-state index contributed by atoms with van der Waals surface area (Å²) >= 11 is 1.99. The average Bonchev–Trinajstić information content (AvgIpc) is 2.87. The number of benzene rings is 1. The number of hydrogen-bond acceptors (Lipinski definition) is 3. The van der Waals surface area contributed by atoms with Crippen molar-refractivity contribution in [2.24, 2.45) is 0 Å². The van der Waals surface area contributed by atoms with Gasteiger partial charge < -0.3 is 0 Å². The monoisotopic (exact) mass is 270 g/mol. The van der Waals surface area contributed by atoms with E-state index in [1.54, 1.807) is 0 Å². The van der Waals surface area contributed by atoms with E-state index in [4.69, 9.17) is 0 Å². The van der Waals surface area contributed by atoms with Crippen LogP contribution in [-0.4, -0.2) is 21.5 Å². The van der Waals surface area contributed by atoms with Crippen molar-refractivity contribution in [2.75, 3.05) is 11.6 Å². The molecule has 1 aromatic carbocycles. The molecule has 19 heavy (non-hydrogen) atoms. The van der Waals surface area contributed by atoms with Gasteiger partial charge in [-0.1, -0.05) is 25.1 Å². The quantitative estimate of drug-likeness (QED) is 0.841. The van der Waals surface area contributed by atoms with Gasteiger partial charge in [-0.15, -0.1) is 11.8 Å². The van der Waals surface area contributed by atoms with E-state index in [9.17, 15) is 0 Å². The molecule has 0 aliphatic carbocycles. The molecule has 0 radical (unpaired) electrons. The number of nitrogens with zero attached hydrogens (tertiary/aromatic N) is 2. The van der Waals surface area contributed by atoms with Crippen LogP contribution < -0.4 is 0 Å². The Balaban J connectivity index is 1.80. The number of rotatable bonds is 4.